The Morgan fingerprint density at radius 1 is 1.03 bits per heavy atom. The molecular weight excluding hydrogens is 417 g/mol. The van der Waals surface area contributed by atoms with Crippen molar-refractivity contribution in [3.63, 3.8) is 0 Å². The highest BCUT2D eigenvalue weighted by Gasteiger charge is 2.35. The van der Waals surface area contributed by atoms with E-state index in [4.69, 9.17) is 9.72 Å². The van der Waals surface area contributed by atoms with Crippen LogP contribution in [0.5, 0.6) is 5.75 Å². The number of nitrogens with zero attached hydrogens (tertiary/aromatic N) is 3. The molecule has 33 heavy (non-hydrogen) atoms. The van der Waals surface area contributed by atoms with E-state index in [2.05, 4.69) is 23.6 Å². The predicted molar refractivity (Wildman–Crippen MR) is 127 cm³/mol. The molecule has 3 aromatic carbocycles. The molecule has 1 aliphatic heterocycles. The van der Waals surface area contributed by atoms with Crippen molar-refractivity contribution >= 4 is 22.6 Å². The van der Waals surface area contributed by atoms with Crippen molar-refractivity contribution in [1.82, 2.24) is 9.55 Å². The molecule has 1 saturated heterocycles. The summed E-state index contributed by atoms with van der Waals surface area (Å²) in [6, 6.07) is 22.5. The number of hydrogen-bond acceptors (Lipinski definition) is 3. The average molecular weight is 444 g/mol. The van der Waals surface area contributed by atoms with Crippen molar-refractivity contribution in [1.29, 1.82) is 0 Å². The zero-order valence-electron chi connectivity index (χ0n) is 18.6. The van der Waals surface area contributed by atoms with Crippen LogP contribution in [0.25, 0.3) is 11.0 Å². The minimum Gasteiger partial charge on any atom is -0.492 e. The summed E-state index contributed by atoms with van der Waals surface area (Å²) < 4.78 is 22.5. The molecule has 0 spiro atoms. The first-order valence-corrected chi connectivity index (χ1v) is 11.4. The van der Waals surface area contributed by atoms with E-state index >= 15 is 0 Å². The van der Waals surface area contributed by atoms with Gasteiger partial charge in [0.1, 0.15) is 24.0 Å². The van der Waals surface area contributed by atoms with Gasteiger partial charge < -0.3 is 14.2 Å². The Morgan fingerprint density at radius 3 is 2.58 bits per heavy atom. The number of carbonyl (C=O) groups excluding carboxylic acids is 1. The summed E-state index contributed by atoms with van der Waals surface area (Å²) in [4.78, 5) is 19.2. The molecular formula is C27H26FN3O2. The molecule has 0 bridgehead atoms. The van der Waals surface area contributed by atoms with E-state index < -0.39 is 0 Å². The van der Waals surface area contributed by atoms with Crippen LogP contribution in [-0.4, -0.2) is 28.6 Å². The van der Waals surface area contributed by atoms with Crippen LogP contribution in [0.1, 0.15) is 30.7 Å². The maximum Gasteiger partial charge on any atom is 0.227 e. The fourth-order valence-electron chi connectivity index (χ4n) is 4.50. The lowest BCUT2D eigenvalue weighted by Crippen LogP contribution is -2.25. The molecule has 0 N–H and O–H groups in total. The van der Waals surface area contributed by atoms with Crippen molar-refractivity contribution in [2.45, 2.75) is 32.2 Å². The van der Waals surface area contributed by atoms with E-state index in [0.717, 1.165) is 29.0 Å². The second-order valence-electron chi connectivity index (χ2n) is 8.31. The third-order valence-corrected chi connectivity index (χ3v) is 6.23. The smallest absolute Gasteiger partial charge is 0.227 e. The molecule has 1 aromatic heterocycles. The molecule has 1 atom stereocenters. The fraction of sp³-hybridized carbons (Fsp3) is 0.259. The molecule has 0 aliphatic carbocycles. The van der Waals surface area contributed by atoms with Crippen molar-refractivity contribution in [3.05, 3.63) is 90.0 Å². The third-order valence-electron chi connectivity index (χ3n) is 6.23. The van der Waals surface area contributed by atoms with Crippen LogP contribution < -0.4 is 9.64 Å². The number of hydrogen-bond donors (Lipinski definition) is 0. The van der Waals surface area contributed by atoms with E-state index in [9.17, 15) is 9.18 Å². The van der Waals surface area contributed by atoms with Crippen LogP contribution in [0.4, 0.5) is 10.1 Å². The van der Waals surface area contributed by atoms with Crippen LogP contribution in [0.3, 0.4) is 0 Å². The van der Waals surface area contributed by atoms with E-state index in [0.29, 0.717) is 31.8 Å². The summed E-state index contributed by atoms with van der Waals surface area (Å²) in [6.07, 6.45) is 1.30. The van der Waals surface area contributed by atoms with Gasteiger partial charge in [0.15, 0.2) is 0 Å². The maximum absolute atomic E-state index is 14.3. The zero-order chi connectivity index (χ0) is 22.8. The van der Waals surface area contributed by atoms with Gasteiger partial charge in [0.05, 0.1) is 23.3 Å². The highest BCUT2D eigenvalue weighted by molar-refractivity contribution is 5.96. The summed E-state index contributed by atoms with van der Waals surface area (Å²) in [5.74, 6) is 1.08. The minimum absolute atomic E-state index is 0.0871. The Hall–Kier alpha value is -3.67. The lowest BCUT2D eigenvalue weighted by atomic mass is 10.1. The molecule has 4 aromatic rings. The lowest BCUT2D eigenvalue weighted by molar-refractivity contribution is -0.117. The number of rotatable bonds is 7. The number of benzene rings is 3. The maximum atomic E-state index is 14.3. The van der Waals surface area contributed by atoms with Crippen molar-refractivity contribution < 1.29 is 13.9 Å². The van der Waals surface area contributed by atoms with Gasteiger partial charge in [-0.05, 0) is 48.4 Å². The Morgan fingerprint density at radius 2 is 1.79 bits per heavy atom. The van der Waals surface area contributed by atoms with Crippen LogP contribution >= 0.6 is 0 Å². The van der Waals surface area contributed by atoms with Gasteiger partial charge in [-0.25, -0.2) is 9.37 Å². The molecule has 2 heterocycles. The van der Waals surface area contributed by atoms with Gasteiger partial charge in [0, 0.05) is 18.9 Å². The van der Waals surface area contributed by atoms with E-state index in [1.807, 2.05) is 36.4 Å². The van der Waals surface area contributed by atoms with Gasteiger partial charge in [-0.1, -0.05) is 43.3 Å². The van der Waals surface area contributed by atoms with Crippen molar-refractivity contribution in [2.75, 3.05) is 18.1 Å². The quantitative estimate of drug-likeness (QED) is 0.388. The summed E-state index contributed by atoms with van der Waals surface area (Å²) >= 11 is 0. The second-order valence-corrected chi connectivity index (χ2v) is 8.31. The molecule has 5 rings (SSSR count). The first-order chi connectivity index (χ1) is 16.1. The van der Waals surface area contributed by atoms with Gasteiger partial charge in [0.2, 0.25) is 5.91 Å². The molecule has 1 aliphatic rings. The number of imidazole rings is 1. The van der Waals surface area contributed by atoms with E-state index in [-0.39, 0.29) is 17.6 Å². The van der Waals surface area contributed by atoms with Crippen LogP contribution in [0.15, 0.2) is 72.8 Å². The van der Waals surface area contributed by atoms with Crippen molar-refractivity contribution in [2.24, 2.45) is 0 Å². The molecule has 168 valence electrons. The molecule has 6 heteroatoms. The molecule has 1 amide bonds. The number of para-hydroxylation sites is 3. The standard InChI is InChI=1S/C27H26FN3O2/c1-2-19-11-13-21(14-12-19)33-16-15-30-25-10-6-4-8-23(25)29-27(30)20-17-26(32)31(18-20)24-9-5-3-7-22(24)28/h3-14,20H,2,15-18H2,1H3. The van der Waals surface area contributed by atoms with Gasteiger partial charge in [-0.2, -0.15) is 0 Å². The van der Waals surface area contributed by atoms with Gasteiger partial charge in [-0.15, -0.1) is 0 Å². The zero-order valence-corrected chi connectivity index (χ0v) is 18.6. The average Bonchev–Trinajstić information content (AvgIpc) is 3.40. The van der Waals surface area contributed by atoms with E-state index in [1.54, 1.807) is 18.2 Å². The van der Waals surface area contributed by atoms with Crippen molar-refractivity contribution in [3.8, 4) is 5.75 Å². The van der Waals surface area contributed by atoms with Gasteiger partial charge in [0.25, 0.3) is 0 Å². The predicted octanol–water partition coefficient (Wildman–Crippen LogP) is 5.34. The Kier molecular flexibility index (Phi) is 5.82. The SMILES string of the molecule is CCc1ccc(OCCn2c(C3CC(=O)N(c4ccccc4F)C3)nc3ccccc32)cc1. The molecule has 1 unspecified atom stereocenters. The minimum atomic E-state index is -0.387. The number of ether oxygens (including phenoxy) is 1. The summed E-state index contributed by atoms with van der Waals surface area (Å²) in [5, 5.41) is 0. The van der Waals surface area contributed by atoms with Crippen LogP contribution in [0, 0.1) is 5.82 Å². The summed E-state index contributed by atoms with van der Waals surface area (Å²) in [6.45, 7) is 3.62. The van der Waals surface area contributed by atoms with E-state index in [1.165, 1.54) is 16.5 Å². The molecule has 5 nitrogen and oxygen atoms in total. The topological polar surface area (TPSA) is 47.4 Å². The van der Waals surface area contributed by atoms with Crippen LogP contribution in [-0.2, 0) is 17.8 Å². The molecule has 0 saturated carbocycles. The van der Waals surface area contributed by atoms with Gasteiger partial charge >= 0.3 is 0 Å². The Bertz CT molecular complexity index is 1280. The number of halogens is 1. The third kappa shape index (κ3) is 4.21. The number of carbonyl (C=O) groups is 1. The Balaban J connectivity index is 1.38. The number of anilines is 1. The Labute approximate surface area is 192 Å². The monoisotopic (exact) mass is 443 g/mol. The number of aryl methyl sites for hydroxylation is 1. The summed E-state index contributed by atoms with van der Waals surface area (Å²) in [7, 11) is 0. The molecule has 1 fully saturated rings. The van der Waals surface area contributed by atoms with Crippen LogP contribution in [0.2, 0.25) is 0 Å². The highest BCUT2D eigenvalue weighted by atomic mass is 19.1. The number of aromatic nitrogens is 2. The largest absolute Gasteiger partial charge is 0.492 e. The van der Waals surface area contributed by atoms with Gasteiger partial charge in [-0.3, -0.25) is 4.79 Å². The normalized spacial score (nSPS) is 16.0. The second kappa shape index (κ2) is 9.06. The summed E-state index contributed by atoms with van der Waals surface area (Å²) in [5.41, 5.74) is 3.49. The molecule has 0 radical (unpaired) electrons. The number of amides is 1. The first-order valence-electron chi connectivity index (χ1n) is 11.4. The highest BCUT2D eigenvalue weighted by Crippen LogP contribution is 2.34. The lowest BCUT2D eigenvalue weighted by Gasteiger charge is -2.18. The number of fused-ring (bicyclic) bond motifs is 1. The first kappa shape index (κ1) is 21.2. The fourth-order valence-corrected chi connectivity index (χ4v) is 4.50.